The van der Waals surface area contributed by atoms with Crippen molar-refractivity contribution >= 4 is 27.3 Å². The SMILES string of the molecule is CN(Cc1ccc(F)cc1)S(=O)(=O)c1cc(N)ccc1Cl. The average molecular weight is 329 g/mol. The van der Waals surface area contributed by atoms with Crippen LogP contribution in [0.3, 0.4) is 0 Å². The van der Waals surface area contributed by atoms with Crippen LogP contribution in [0.2, 0.25) is 5.02 Å². The summed E-state index contributed by atoms with van der Waals surface area (Å²) in [5, 5.41) is 0.107. The molecule has 0 saturated heterocycles. The van der Waals surface area contributed by atoms with E-state index in [4.69, 9.17) is 17.3 Å². The van der Waals surface area contributed by atoms with Gasteiger partial charge in [-0.2, -0.15) is 4.31 Å². The predicted octanol–water partition coefficient (Wildman–Crippen LogP) is 2.88. The fourth-order valence-corrected chi connectivity index (χ4v) is 3.48. The monoisotopic (exact) mass is 328 g/mol. The second-order valence-corrected chi connectivity index (χ2v) is 7.00. The lowest BCUT2D eigenvalue weighted by molar-refractivity contribution is 0.466. The maximum atomic E-state index is 12.9. The molecule has 0 radical (unpaired) electrons. The van der Waals surface area contributed by atoms with Gasteiger partial charge in [0.2, 0.25) is 10.0 Å². The van der Waals surface area contributed by atoms with E-state index in [1.54, 1.807) is 0 Å². The number of rotatable bonds is 4. The van der Waals surface area contributed by atoms with Gasteiger partial charge in [0, 0.05) is 19.3 Å². The van der Waals surface area contributed by atoms with Crippen molar-refractivity contribution in [3.8, 4) is 0 Å². The third-order valence-corrected chi connectivity index (χ3v) is 5.25. The third kappa shape index (κ3) is 3.53. The highest BCUT2D eigenvalue weighted by atomic mass is 35.5. The van der Waals surface area contributed by atoms with E-state index in [1.165, 1.54) is 49.5 Å². The van der Waals surface area contributed by atoms with Gasteiger partial charge >= 0.3 is 0 Å². The molecular weight excluding hydrogens is 315 g/mol. The zero-order valence-electron chi connectivity index (χ0n) is 11.3. The molecule has 2 N–H and O–H groups in total. The summed E-state index contributed by atoms with van der Waals surface area (Å²) >= 11 is 5.94. The van der Waals surface area contributed by atoms with E-state index in [0.29, 0.717) is 11.3 Å². The average Bonchev–Trinajstić information content (AvgIpc) is 2.43. The summed E-state index contributed by atoms with van der Waals surface area (Å²) in [4.78, 5) is -0.0474. The molecule has 21 heavy (non-hydrogen) atoms. The number of anilines is 1. The minimum Gasteiger partial charge on any atom is -0.399 e. The Kier molecular flexibility index (Phi) is 4.51. The van der Waals surface area contributed by atoms with Crippen molar-refractivity contribution in [1.29, 1.82) is 0 Å². The van der Waals surface area contributed by atoms with E-state index in [2.05, 4.69) is 0 Å². The first-order valence-electron chi connectivity index (χ1n) is 6.06. The lowest BCUT2D eigenvalue weighted by atomic mass is 10.2. The Labute approximate surface area is 128 Å². The van der Waals surface area contributed by atoms with E-state index in [0.717, 1.165) is 4.31 Å². The number of nitrogens with two attached hydrogens (primary N) is 1. The predicted molar refractivity (Wildman–Crippen MR) is 80.9 cm³/mol. The minimum absolute atomic E-state index is 0.0474. The molecule has 0 bridgehead atoms. The standard InChI is InChI=1S/C14H14ClFN2O2S/c1-18(9-10-2-4-11(16)5-3-10)21(19,20)14-8-12(17)6-7-13(14)15/h2-8H,9,17H2,1H3. The van der Waals surface area contributed by atoms with Gasteiger partial charge in [0.05, 0.1) is 5.02 Å². The van der Waals surface area contributed by atoms with Crippen LogP contribution in [-0.4, -0.2) is 19.8 Å². The summed E-state index contributed by atoms with van der Waals surface area (Å²) in [5.41, 5.74) is 6.59. The molecule has 0 atom stereocenters. The first-order chi connectivity index (χ1) is 9.80. The van der Waals surface area contributed by atoms with Crippen LogP contribution in [-0.2, 0) is 16.6 Å². The Balaban J connectivity index is 2.30. The molecule has 0 aromatic heterocycles. The normalized spacial score (nSPS) is 11.8. The van der Waals surface area contributed by atoms with Crippen molar-refractivity contribution in [3.05, 3.63) is 58.9 Å². The highest BCUT2D eigenvalue weighted by Gasteiger charge is 2.24. The van der Waals surface area contributed by atoms with Gasteiger partial charge in [-0.15, -0.1) is 0 Å². The number of hydrogen-bond donors (Lipinski definition) is 1. The van der Waals surface area contributed by atoms with Crippen molar-refractivity contribution in [3.63, 3.8) is 0 Å². The zero-order valence-corrected chi connectivity index (χ0v) is 12.8. The molecular formula is C14H14ClFN2O2S. The number of nitrogens with zero attached hydrogens (tertiary/aromatic N) is 1. The Hall–Kier alpha value is -1.63. The topological polar surface area (TPSA) is 63.4 Å². The van der Waals surface area contributed by atoms with Crippen molar-refractivity contribution in [1.82, 2.24) is 4.31 Å². The summed E-state index contributed by atoms with van der Waals surface area (Å²) in [5.74, 6) is -0.372. The highest BCUT2D eigenvalue weighted by molar-refractivity contribution is 7.89. The van der Waals surface area contributed by atoms with Gasteiger partial charge in [-0.3, -0.25) is 0 Å². The second kappa shape index (κ2) is 6.01. The Morgan fingerprint density at radius 1 is 1.19 bits per heavy atom. The van der Waals surface area contributed by atoms with Crippen molar-refractivity contribution in [2.24, 2.45) is 0 Å². The molecule has 0 heterocycles. The molecule has 0 amide bonds. The fourth-order valence-electron chi connectivity index (χ4n) is 1.82. The summed E-state index contributed by atoms with van der Waals surface area (Å²) < 4.78 is 39.0. The molecule has 0 fully saturated rings. The quantitative estimate of drug-likeness (QED) is 0.878. The first kappa shape index (κ1) is 15.8. The van der Waals surface area contributed by atoms with Gasteiger partial charge in [0.1, 0.15) is 10.7 Å². The van der Waals surface area contributed by atoms with E-state index in [9.17, 15) is 12.8 Å². The van der Waals surface area contributed by atoms with Gasteiger partial charge in [-0.05, 0) is 35.9 Å². The molecule has 2 aromatic rings. The van der Waals surface area contributed by atoms with Gasteiger partial charge in [0.15, 0.2) is 0 Å². The molecule has 0 aliphatic carbocycles. The summed E-state index contributed by atoms with van der Waals surface area (Å²) in [7, 11) is -2.34. The molecule has 4 nitrogen and oxygen atoms in total. The zero-order chi connectivity index (χ0) is 15.6. The van der Waals surface area contributed by atoms with E-state index in [-0.39, 0.29) is 22.3 Å². The molecule has 0 aliphatic rings. The molecule has 2 aromatic carbocycles. The van der Waals surface area contributed by atoms with E-state index in [1.807, 2.05) is 0 Å². The second-order valence-electron chi connectivity index (χ2n) is 4.58. The molecule has 0 aliphatic heterocycles. The number of nitrogen functional groups attached to an aromatic ring is 1. The van der Waals surface area contributed by atoms with Gasteiger partial charge in [0.25, 0.3) is 0 Å². The van der Waals surface area contributed by atoms with Crippen LogP contribution < -0.4 is 5.73 Å². The highest BCUT2D eigenvalue weighted by Crippen LogP contribution is 2.26. The largest absolute Gasteiger partial charge is 0.399 e. The minimum atomic E-state index is -3.77. The van der Waals surface area contributed by atoms with Crippen molar-refractivity contribution < 1.29 is 12.8 Å². The van der Waals surface area contributed by atoms with Gasteiger partial charge in [-0.25, -0.2) is 12.8 Å². The van der Waals surface area contributed by atoms with Crippen LogP contribution >= 0.6 is 11.6 Å². The van der Waals surface area contributed by atoms with E-state index < -0.39 is 10.0 Å². The summed E-state index contributed by atoms with van der Waals surface area (Å²) in [6, 6.07) is 9.91. The maximum Gasteiger partial charge on any atom is 0.244 e. The smallest absolute Gasteiger partial charge is 0.244 e. The first-order valence-corrected chi connectivity index (χ1v) is 7.88. The molecule has 112 valence electrons. The molecule has 2 rings (SSSR count). The fraction of sp³-hybridized carbons (Fsp3) is 0.143. The van der Waals surface area contributed by atoms with Crippen LogP contribution in [0.4, 0.5) is 10.1 Å². The lowest BCUT2D eigenvalue weighted by Gasteiger charge is -2.18. The molecule has 0 saturated carbocycles. The Morgan fingerprint density at radius 3 is 2.43 bits per heavy atom. The molecule has 7 heteroatoms. The van der Waals surface area contributed by atoms with Crippen molar-refractivity contribution in [2.75, 3.05) is 12.8 Å². The molecule has 0 unspecified atom stereocenters. The number of hydrogen-bond acceptors (Lipinski definition) is 3. The molecule has 0 spiro atoms. The number of sulfonamides is 1. The van der Waals surface area contributed by atoms with Crippen LogP contribution in [0.1, 0.15) is 5.56 Å². The van der Waals surface area contributed by atoms with E-state index >= 15 is 0 Å². The number of halogens is 2. The third-order valence-electron chi connectivity index (χ3n) is 2.96. The van der Waals surface area contributed by atoms with Crippen LogP contribution in [0.25, 0.3) is 0 Å². The number of benzene rings is 2. The summed E-state index contributed by atoms with van der Waals surface area (Å²) in [6.07, 6.45) is 0. The van der Waals surface area contributed by atoms with Crippen molar-refractivity contribution in [2.45, 2.75) is 11.4 Å². The summed E-state index contributed by atoms with van der Waals surface area (Å²) in [6.45, 7) is 0.105. The maximum absolute atomic E-state index is 12.9. The Morgan fingerprint density at radius 2 is 1.81 bits per heavy atom. The van der Waals surface area contributed by atoms with Crippen LogP contribution in [0.5, 0.6) is 0 Å². The van der Waals surface area contributed by atoms with Gasteiger partial charge < -0.3 is 5.73 Å². The lowest BCUT2D eigenvalue weighted by Crippen LogP contribution is -2.26. The Bertz CT molecular complexity index is 748. The van der Waals surface area contributed by atoms with Gasteiger partial charge in [-0.1, -0.05) is 23.7 Å². The van der Waals surface area contributed by atoms with Crippen LogP contribution in [0.15, 0.2) is 47.4 Å². The van der Waals surface area contributed by atoms with Crippen LogP contribution in [0, 0.1) is 5.82 Å².